The minimum Gasteiger partial charge on any atom is -0.477 e. The molecule has 0 spiro atoms. The lowest BCUT2D eigenvalue weighted by Crippen LogP contribution is -2.43. The second kappa shape index (κ2) is 5.19. The first-order valence-electron chi connectivity index (χ1n) is 5.48. The SMILES string of the molecule is CC(C)(CNS(=O)(=O)c1c[nH]c(C(=O)O)c1)S(C)(=O)=O. The first kappa shape index (κ1) is 16.7. The second-order valence-electron chi connectivity index (χ2n) is 4.91. The molecule has 0 aliphatic heterocycles. The number of carboxylic acids is 1. The lowest BCUT2D eigenvalue weighted by atomic mass is 10.2. The van der Waals surface area contributed by atoms with E-state index in [1.54, 1.807) is 0 Å². The van der Waals surface area contributed by atoms with Crippen LogP contribution in [0.4, 0.5) is 0 Å². The molecule has 0 atom stereocenters. The fourth-order valence-electron chi connectivity index (χ4n) is 1.14. The average molecular weight is 324 g/mol. The number of aromatic amines is 1. The van der Waals surface area contributed by atoms with Gasteiger partial charge in [-0.15, -0.1) is 0 Å². The standard InChI is InChI=1S/C10H16N2O6S2/c1-10(2,19(3,15)16)6-12-20(17,18)7-4-8(9(13)14)11-5-7/h4-5,11-12H,6H2,1-3H3,(H,13,14). The van der Waals surface area contributed by atoms with Crippen LogP contribution in [-0.2, 0) is 19.9 Å². The lowest BCUT2D eigenvalue weighted by molar-refractivity contribution is 0.0691. The zero-order valence-corrected chi connectivity index (χ0v) is 12.8. The number of carboxylic acid groups (broad SMARTS) is 1. The number of hydrogen-bond donors (Lipinski definition) is 3. The molecule has 0 aliphatic rings. The van der Waals surface area contributed by atoms with Crippen LogP contribution in [0.3, 0.4) is 0 Å². The van der Waals surface area contributed by atoms with Gasteiger partial charge >= 0.3 is 5.97 Å². The number of hydrogen-bond acceptors (Lipinski definition) is 5. The molecule has 0 fully saturated rings. The van der Waals surface area contributed by atoms with Crippen molar-refractivity contribution < 1.29 is 26.7 Å². The van der Waals surface area contributed by atoms with Crippen LogP contribution in [0.2, 0.25) is 0 Å². The molecular weight excluding hydrogens is 308 g/mol. The van der Waals surface area contributed by atoms with Gasteiger partial charge < -0.3 is 10.1 Å². The van der Waals surface area contributed by atoms with Crippen molar-refractivity contribution in [2.24, 2.45) is 0 Å². The molecule has 1 aromatic heterocycles. The third-order valence-electron chi connectivity index (χ3n) is 2.89. The van der Waals surface area contributed by atoms with E-state index in [4.69, 9.17) is 5.11 Å². The molecule has 0 bridgehead atoms. The highest BCUT2D eigenvalue weighted by atomic mass is 32.2. The molecule has 0 saturated carbocycles. The summed E-state index contributed by atoms with van der Waals surface area (Å²) in [6.07, 6.45) is 2.04. The van der Waals surface area contributed by atoms with Crippen molar-refractivity contribution in [1.82, 2.24) is 9.71 Å². The van der Waals surface area contributed by atoms with Gasteiger partial charge in [-0.1, -0.05) is 0 Å². The van der Waals surface area contributed by atoms with E-state index < -0.39 is 30.6 Å². The molecule has 1 aromatic rings. The molecule has 1 rings (SSSR count). The number of aromatic nitrogens is 1. The van der Waals surface area contributed by atoms with Crippen molar-refractivity contribution in [2.75, 3.05) is 12.8 Å². The normalized spacial score (nSPS) is 13.3. The fourth-order valence-corrected chi connectivity index (χ4v) is 2.77. The maximum Gasteiger partial charge on any atom is 0.352 e. The number of nitrogens with one attached hydrogen (secondary N) is 2. The number of aromatic carboxylic acids is 1. The van der Waals surface area contributed by atoms with E-state index in [2.05, 4.69) is 9.71 Å². The summed E-state index contributed by atoms with van der Waals surface area (Å²) in [7, 11) is -7.42. The van der Waals surface area contributed by atoms with E-state index in [0.29, 0.717) is 0 Å². The molecule has 114 valence electrons. The topological polar surface area (TPSA) is 133 Å². The molecule has 3 N–H and O–H groups in total. The van der Waals surface area contributed by atoms with Crippen molar-refractivity contribution in [2.45, 2.75) is 23.5 Å². The number of rotatable bonds is 6. The Labute approximate surface area is 117 Å². The van der Waals surface area contributed by atoms with Gasteiger partial charge in [-0.05, 0) is 19.9 Å². The Hall–Kier alpha value is -1.39. The Morgan fingerprint density at radius 1 is 1.35 bits per heavy atom. The fraction of sp³-hybridized carbons (Fsp3) is 0.500. The van der Waals surface area contributed by atoms with E-state index in [1.807, 2.05) is 0 Å². The molecule has 0 unspecified atom stereocenters. The van der Waals surface area contributed by atoms with Gasteiger partial charge in [-0.2, -0.15) is 0 Å². The second-order valence-corrected chi connectivity index (χ2v) is 9.33. The lowest BCUT2D eigenvalue weighted by Gasteiger charge is -2.22. The summed E-state index contributed by atoms with van der Waals surface area (Å²) in [6.45, 7) is 2.47. The summed E-state index contributed by atoms with van der Waals surface area (Å²) >= 11 is 0. The monoisotopic (exact) mass is 324 g/mol. The van der Waals surface area contributed by atoms with Crippen molar-refractivity contribution in [3.8, 4) is 0 Å². The zero-order chi connectivity index (χ0) is 15.8. The minimum atomic E-state index is -3.98. The number of sulfone groups is 1. The number of carbonyl (C=O) groups is 1. The highest BCUT2D eigenvalue weighted by Gasteiger charge is 2.32. The molecule has 0 saturated heterocycles. The average Bonchev–Trinajstić information content (AvgIpc) is 2.75. The van der Waals surface area contributed by atoms with Gasteiger partial charge in [0, 0.05) is 19.0 Å². The van der Waals surface area contributed by atoms with Gasteiger partial charge in [0.2, 0.25) is 10.0 Å². The van der Waals surface area contributed by atoms with Crippen LogP contribution in [0.25, 0.3) is 0 Å². The van der Waals surface area contributed by atoms with Crippen molar-refractivity contribution >= 4 is 25.8 Å². The maximum absolute atomic E-state index is 11.9. The first-order chi connectivity index (χ1) is 8.87. The Morgan fingerprint density at radius 2 is 1.90 bits per heavy atom. The molecule has 10 heteroatoms. The van der Waals surface area contributed by atoms with Gasteiger partial charge in [0.15, 0.2) is 9.84 Å². The van der Waals surface area contributed by atoms with Crippen LogP contribution in [0.5, 0.6) is 0 Å². The number of H-pyrrole nitrogens is 1. The Balaban J connectivity index is 2.94. The molecule has 0 aliphatic carbocycles. The predicted octanol–water partition coefficient (Wildman–Crippen LogP) is -0.186. The van der Waals surface area contributed by atoms with Crippen LogP contribution >= 0.6 is 0 Å². The van der Waals surface area contributed by atoms with Gasteiger partial charge in [0.25, 0.3) is 0 Å². The van der Waals surface area contributed by atoms with E-state index in [9.17, 15) is 21.6 Å². The summed E-state index contributed by atoms with van der Waals surface area (Å²) in [5.41, 5.74) is -0.271. The quantitative estimate of drug-likeness (QED) is 0.664. The summed E-state index contributed by atoms with van der Waals surface area (Å²) < 4.78 is 47.7. The number of sulfonamides is 1. The van der Waals surface area contributed by atoms with E-state index in [0.717, 1.165) is 18.5 Å². The van der Waals surface area contributed by atoms with E-state index in [-0.39, 0.29) is 17.1 Å². The van der Waals surface area contributed by atoms with Crippen LogP contribution < -0.4 is 4.72 Å². The van der Waals surface area contributed by atoms with Gasteiger partial charge in [0.05, 0.1) is 4.75 Å². The van der Waals surface area contributed by atoms with Crippen LogP contribution in [0, 0.1) is 0 Å². The predicted molar refractivity (Wildman–Crippen MR) is 71.9 cm³/mol. The third-order valence-corrected chi connectivity index (χ3v) is 6.42. The van der Waals surface area contributed by atoms with Gasteiger partial charge in [0.1, 0.15) is 10.6 Å². The van der Waals surface area contributed by atoms with Crippen LogP contribution in [0.1, 0.15) is 24.3 Å². The molecule has 0 radical (unpaired) electrons. The van der Waals surface area contributed by atoms with Gasteiger partial charge in [-0.3, -0.25) is 0 Å². The van der Waals surface area contributed by atoms with Crippen LogP contribution in [0.15, 0.2) is 17.2 Å². The van der Waals surface area contributed by atoms with Crippen molar-refractivity contribution in [3.05, 3.63) is 18.0 Å². The molecular formula is C10H16N2O6S2. The van der Waals surface area contributed by atoms with Crippen molar-refractivity contribution in [3.63, 3.8) is 0 Å². The Bertz CT molecular complexity index is 715. The highest BCUT2D eigenvalue weighted by molar-refractivity contribution is 7.92. The third kappa shape index (κ3) is 3.58. The molecule has 20 heavy (non-hydrogen) atoms. The summed E-state index contributed by atoms with van der Waals surface area (Å²) in [6, 6.07) is 0.956. The zero-order valence-electron chi connectivity index (χ0n) is 11.2. The smallest absolute Gasteiger partial charge is 0.352 e. The van der Waals surface area contributed by atoms with Crippen molar-refractivity contribution in [1.29, 1.82) is 0 Å². The summed E-state index contributed by atoms with van der Waals surface area (Å²) in [5.74, 6) is -1.29. The Morgan fingerprint density at radius 3 is 2.30 bits per heavy atom. The Kier molecular flexibility index (Phi) is 4.32. The largest absolute Gasteiger partial charge is 0.477 e. The van der Waals surface area contributed by atoms with E-state index in [1.165, 1.54) is 13.8 Å². The molecule has 0 aromatic carbocycles. The molecule has 0 amide bonds. The van der Waals surface area contributed by atoms with E-state index >= 15 is 0 Å². The van der Waals surface area contributed by atoms with Crippen LogP contribution in [-0.4, -0.2) is 50.4 Å². The molecule has 8 nitrogen and oxygen atoms in total. The minimum absolute atomic E-state index is 0.265. The summed E-state index contributed by atoms with van der Waals surface area (Å²) in [5, 5.41) is 8.70. The maximum atomic E-state index is 11.9. The first-order valence-corrected chi connectivity index (χ1v) is 8.85. The highest BCUT2D eigenvalue weighted by Crippen LogP contribution is 2.16. The molecule has 1 heterocycles. The van der Waals surface area contributed by atoms with Gasteiger partial charge in [-0.25, -0.2) is 26.4 Å². The summed E-state index contributed by atoms with van der Waals surface area (Å²) in [4.78, 5) is 12.7.